The van der Waals surface area contributed by atoms with Gasteiger partial charge >= 0.3 is 17.8 Å². The number of nitrogens with zero attached hydrogens (tertiary/aromatic N) is 2. The number of urea groups is 1. The topological polar surface area (TPSA) is 62.1 Å². The number of nitrogens with one attached hydrogen (secondary N) is 1. The lowest BCUT2D eigenvalue weighted by atomic mass is 9.98. The Kier molecular flexibility index (Phi) is 4.25. The van der Waals surface area contributed by atoms with Crippen LogP contribution in [0.2, 0.25) is 0 Å². The third-order valence-electron chi connectivity index (χ3n) is 4.69. The van der Waals surface area contributed by atoms with Crippen molar-refractivity contribution >= 4 is 29.2 Å². The highest BCUT2D eigenvalue weighted by Crippen LogP contribution is 2.27. The Morgan fingerprint density at radius 3 is 2.65 bits per heavy atom. The molecule has 1 N–H and O–H groups in total. The number of carbonyl (C=O) groups is 3. The first-order valence-corrected chi connectivity index (χ1v) is 8.93. The summed E-state index contributed by atoms with van der Waals surface area (Å²) in [6.07, 6.45) is 1.90. The molecule has 3 heterocycles. The molecule has 0 bridgehead atoms. The van der Waals surface area contributed by atoms with Gasteiger partial charge in [0.05, 0.1) is 6.54 Å². The SMILES string of the molecule is CC[C@@H]1c2ccsc2CC[NH+]1CN1C(=O)C(=O)N(C(C)C)C1=O. The van der Waals surface area contributed by atoms with E-state index in [2.05, 4.69) is 18.4 Å². The Labute approximate surface area is 139 Å². The maximum absolute atomic E-state index is 12.4. The molecule has 0 spiro atoms. The van der Waals surface area contributed by atoms with Crippen LogP contribution in [0.4, 0.5) is 4.79 Å². The van der Waals surface area contributed by atoms with Crippen LogP contribution in [0, 0.1) is 0 Å². The maximum atomic E-state index is 12.4. The second-order valence-electron chi connectivity index (χ2n) is 6.36. The van der Waals surface area contributed by atoms with Crippen molar-refractivity contribution in [3.05, 3.63) is 21.9 Å². The highest BCUT2D eigenvalue weighted by Gasteiger charge is 2.48. The lowest BCUT2D eigenvalue weighted by molar-refractivity contribution is -0.940. The molecule has 0 aliphatic carbocycles. The zero-order valence-electron chi connectivity index (χ0n) is 13.7. The van der Waals surface area contributed by atoms with E-state index in [1.54, 1.807) is 25.2 Å². The van der Waals surface area contributed by atoms with E-state index in [0.717, 1.165) is 29.2 Å². The predicted molar refractivity (Wildman–Crippen MR) is 86.0 cm³/mol. The number of fused-ring (bicyclic) bond motifs is 1. The molecule has 1 aromatic rings. The molecule has 124 valence electrons. The van der Waals surface area contributed by atoms with E-state index < -0.39 is 17.8 Å². The van der Waals surface area contributed by atoms with Crippen molar-refractivity contribution in [1.82, 2.24) is 9.80 Å². The van der Waals surface area contributed by atoms with Gasteiger partial charge in [0.1, 0.15) is 6.04 Å². The molecule has 1 unspecified atom stereocenters. The summed E-state index contributed by atoms with van der Waals surface area (Å²) in [6.45, 7) is 6.75. The second kappa shape index (κ2) is 6.05. The fourth-order valence-corrected chi connectivity index (χ4v) is 4.50. The number of imide groups is 2. The van der Waals surface area contributed by atoms with Gasteiger partial charge in [0.25, 0.3) is 0 Å². The Bertz CT molecular complexity index is 655. The van der Waals surface area contributed by atoms with Crippen LogP contribution in [0.3, 0.4) is 0 Å². The first-order valence-electron chi connectivity index (χ1n) is 8.05. The normalized spacial score (nSPS) is 24.8. The second-order valence-corrected chi connectivity index (χ2v) is 7.36. The van der Waals surface area contributed by atoms with Crippen LogP contribution in [0.1, 0.15) is 43.7 Å². The lowest BCUT2D eigenvalue weighted by Crippen LogP contribution is -3.14. The molecule has 6 nitrogen and oxygen atoms in total. The minimum atomic E-state index is -0.703. The molecule has 0 saturated carbocycles. The molecule has 1 saturated heterocycles. The van der Waals surface area contributed by atoms with Gasteiger partial charge in [-0.3, -0.25) is 14.5 Å². The molecule has 23 heavy (non-hydrogen) atoms. The van der Waals surface area contributed by atoms with E-state index in [0.29, 0.717) is 0 Å². The summed E-state index contributed by atoms with van der Waals surface area (Å²) in [5.74, 6) is -1.40. The molecule has 0 aromatic carbocycles. The standard InChI is InChI=1S/C16H21N3O3S/c1-4-12-11-6-8-23-13(11)5-7-17(12)9-18-14(20)15(21)19(10(2)3)16(18)22/h6,8,10,12H,4-5,7,9H2,1-3H3/p+1/t12-/m1/s1. The highest BCUT2D eigenvalue weighted by atomic mass is 32.1. The smallest absolute Gasteiger partial charge is 0.311 e. The summed E-state index contributed by atoms with van der Waals surface area (Å²) in [4.78, 5) is 41.4. The van der Waals surface area contributed by atoms with Crippen molar-refractivity contribution < 1.29 is 19.3 Å². The third kappa shape index (κ3) is 2.57. The Hall–Kier alpha value is -1.73. The van der Waals surface area contributed by atoms with Crippen molar-refractivity contribution in [3.63, 3.8) is 0 Å². The van der Waals surface area contributed by atoms with Crippen LogP contribution in [0.25, 0.3) is 0 Å². The molecule has 1 aromatic heterocycles. The number of rotatable bonds is 4. The summed E-state index contributed by atoms with van der Waals surface area (Å²) in [6, 6.07) is 1.64. The molecule has 3 rings (SSSR count). The van der Waals surface area contributed by atoms with E-state index in [1.807, 2.05) is 0 Å². The van der Waals surface area contributed by atoms with Gasteiger partial charge in [-0.2, -0.15) is 0 Å². The van der Waals surface area contributed by atoms with Gasteiger partial charge in [-0.05, 0) is 25.3 Å². The molecular weight excluding hydrogens is 314 g/mol. The van der Waals surface area contributed by atoms with Crippen LogP contribution in [-0.4, -0.2) is 46.9 Å². The minimum Gasteiger partial charge on any atom is -0.311 e. The molecular formula is C16H22N3O3S+. The predicted octanol–water partition coefficient (Wildman–Crippen LogP) is 0.797. The largest absolute Gasteiger partial charge is 0.338 e. The summed E-state index contributed by atoms with van der Waals surface area (Å²) in [5, 5.41) is 2.10. The monoisotopic (exact) mass is 336 g/mol. The molecule has 2 aliphatic heterocycles. The minimum absolute atomic E-state index is 0.264. The average molecular weight is 336 g/mol. The average Bonchev–Trinajstić information content (AvgIpc) is 3.06. The van der Waals surface area contributed by atoms with Gasteiger partial charge in [0, 0.05) is 29.3 Å². The van der Waals surface area contributed by atoms with Crippen molar-refractivity contribution in [2.24, 2.45) is 0 Å². The summed E-state index contributed by atoms with van der Waals surface area (Å²) >= 11 is 1.77. The van der Waals surface area contributed by atoms with Gasteiger partial charge in [0.15, 0.2) is 6.67 Å². The molecule has 2 atom stereocenters. The van der Waals surface area contributed by atoms with E-state index >= 15 is 0 Å². The van der Waals surface area contributed by atoms with Gasteiger partial charge in [-0.15, -0.1) is 11.3 Å². The van der Waals surface area contributed by atoms with Crippen LogP contribution >= 0.6 is 11.3 Å². The fourth-order valence-electron chi connectivity index (χ4n) is 3.55. The number of hydrogen-bond donors (Lipinski definition) is 1. The summed E-state index contributed by atoms with van der Waals surface area (Å²) in [5.41, 5.74) is 1.32. The number of amides is 4. The zero-order chi connectivity index (χ0) is 16.7. The van der Waals surface area contributed by atoms with Gasteiger partial charge in [-0.25, -0.2) is 9.69 Å². The molecule has 7 heteroatoms. The Morgan fingerprint density at radius 2 is 2.04 bits per heavy atom. The number of quaternary nitrogens is 1. The Morgan fingerprint density at radius 1 is 1.30 bits per heavy atom. The van der Waals surface area contributed by atoms with E-state index in [9.17, 15) is 14.4 Å². The molecule has 0 radical (unpaired) electrons. The third-order valence-corrected chi connectivity index (χ3v) is 5.69. The molecule has 4 amide bonds. The Balaban J connectivity index is 1.81. The van der Waals surface area contributed by atoms with Gasteiger partial charge in [-0.1, -0.05) is 6.92 Å². The zero-order valence-corrected chi connectivity index (χ0v) is 14.5. The van der Waals surface area contributed by atoms with Crippen LogP contribution in [0.15, 0.2) is 11.4 Å². The van der Waals surface area contributed by atoms with E-state index in [1.165, 1.54) is 15.3 Å². The van der Waals surface area contributed by atoms with Crippen molar-refractivity contribution in [1.29, 1.82) is 0 Å². The number of thiophene rings is 1. The fraction of sp³-hybridized carbons (Fsp3) is 0.562. The van der Waals surface area contributed by atoms with Gasteiger partial charge in [0.2, 0.25) is 0 Å². The van der Waals surface area contributed by atoms with Crippen molar-refractivity contribution in [3.8, 4) is 0 Å². The number of carbonyl (C=O) groups excluding carboxylic acids is 3. The van der Waals surface area contributed by atoms with Crippen LogP contribution in [-0.2, 0) is 16.0 Å². The quantitative estimate of drug-likeness (QED) is 0.653. The molecule has 1 fully saturated rings. The highest BCUT2D eigenvalue weighted by molar-refractivity contribution is 7.10. The number of hydrogen-bond acceptors (Lipinski definition) is 4. The van der Waals surface area contributed by atoms with Crippen molar-refractivity contribution in [2.75, 3.05) is 13.2 Å². The van der Waals surface area contributed by atoms with Gasteiger partial charge < -0.3 is 4.90 Å². The van der Waals surface area contributed by atoms with Crippen LogP contribution in [0.5, 0.6) is 0 Å². The summed E-state index contributed by atoms with van der Waals surface area (Å²) in [7, 11) is 0. The maximum Gasteiger partial charge on any atom is 0.338 e. The lowest BCUT2D eigenvalue weighted by Gasteiger charge is -2.33. The van der Waals surface area contributed by atoms with E-state index in [4.69, 9.17) is 0 Å². The van der Waals surface area contributed by atoms with Crippen LogP contribution < -0.4 is 4.90 Å². The first-order chi connectivity index (χ1) is 11.0. The first kappa shape index (κ1) is 16.1. The van der Waals surface area contributed by atoms with Crippen molar-refractivity contribution in [2.45, 2.75) is 45.7 Å². The summed E-state index contributed by atoms with van der Waals surface area (Å²) < 4.78 is 0. The molecule has 2 aliphatic rings. The van der Waals surface area contributed by atoms with E-state index in [-0.39, 0.29) is 18.8 Å².